The Labute approximate surface area is 119 Å². The number of nitrogens with zero attached hydrogens (tertiary/aromatic N) is 1. The molecule has 2 fully saturated rings. The molecule has 1 saturated heterocycles. The van der Waals surface area contributed by atoms with Crippen molar-refractivity contribution in [3.8, 4) is 0 Å². The highest BCUT2D eigenvalue weighted by atomic mass is 19.3. The Hall–Kier alpha value is -0.910. The second kappa shape index (κ2) is 7.20. The zero-order valence-corrected chi connectivity index (χ0v) is 12.1. The van der Waals surface area contributed by atoms with Crippen molar-refractivity contribution in [3.05, 3.63) is 0 Å². The molecular formula is C14H25F2N3O. The van der Waals surface area contributed by atoms with Gasteiger partial charge in [0.05, 0.1) is 6.54 Å². The van der Waals surface area contributed by atoms with Crippen molar-refractivity contribution in [2.75, 3.05) is 19.6 Å². The van der Waals surface area contributed by atoms with Crippen molar-refractivity contribution in [3.63, 3.8) is 0 Å². The van der Waals surface area contributed by atoms with Crippen molar-refractivity contribution >= 4 is 6.03 Å². The third kappa shape index (κ3) is 4.58. The molecule has 1 aliphatic heterocycles. The number of likely N-dealkylation sites (tertiary alicyclic amines) is 1. The number of alkyl halides is 2. The Kier molecular flexibility index (Phi) is 5.57. The van der Waals surface area contributed by atoms with Crippen LogP contribution in [0.25, 0.3) is 0 Å². The predicted octanol–water partition coefficient (Wildman–Crippen LogP) is 2.20. The second-order valence-corrected chi connectivity index (χ2v) is 6.10. The van der Waals surface area contributed by atoms with Gasteiger partial charge < -0.3 is 10.6 Å². The van der Waals surface area contributed by atoms with Crippen LogP contribution < -0.4 is 10.6 Å². The van der Waals surface area contributed by atoms with Gasteiger partial charge in [0.15, 0.2) is 0 Å². The third-order valence-electron chi connectivity index (χ3n) is 4.50. The molecule has 0 spiro atoms. The standard InChI is InChI=1S/C14H25F2N3O/c1-10-3-2-4-12(10)18-14(20)17-11-5-7-19(8-6-11)9-13(15)16/h10-13H,2-9H2,1H3,(H2,17,18,20). The summed E-state index contributed by atoms with van der Waals surface area (Å²) in [4.78, 5) is 13.7. The minimum Gasteiger partial charge on any atom is -0.335 e. The molecule has 1 heterocycles. The Bertz CT molecular complexity index is 320. The summed E-state index contributed by atoms with van der Waals surface area (Å²) in [5.41, 5.74) is 0. The molecule has 116 valence electrons. The lowest BCUT2D eigenvalue weighted by Crippen LogP contribution is -2.50. The van der Waals surface area contributed by atoms with E-state index in [2.05, 4.69) is 17.6 Å². The van der Waals surface area contributed by atoms with E-state index < -0.39 is 6.43 Å². The van der Waals surface area contributed by atoms with E-state index in [1.54, 1.807) is 4.90 Å². The van der Waals surface area contributed by atoms with E-state index in [-0.39, 0.29) is 24.7 Å². The molecule has 6 heteroatoms. The number of halogens is 2. The molecule has 0 aromatic rings. The highest BCUT2D eigenvalue weighted by Gasteiger charge is 2.26. The molecule has 2 aliphatic rings. The van der Waals surface area contributed by atoms with Gasteiger partial charge in [-0.15, -0.1) is 0 Å². The van der Waals surface area contributed by atoms with Crippen molar-refractivity contribution in [2.24, 2.45) is 5.92 Å². The van der Waals surface area contributed by atoms with Crippen molar-refractivity contribution in [2.45, 2.75) is 57.5 Å². The van der Waals surface area contributed by atoms with Gasteiger partial charge in [-0.25, -0.2) is 13.6 Å². The summed E-state index contributed by atoms with van der Waals surface area (Å²) in [5.74, 6) is 0.550. The summed E-state index contributed by atoms with van der Waals surface area (Å²) >= 11 is 0. The lowest BCUT2D eigenvalue weighted by Gasteiger charge is -2.32. The third-order valence-corrected chi connectivity index (χ3v) is 4.50. The minimum atomic E-state index is -2.27. The van der Waals surface area contributed by atoms with Gasteiger partial charge in [-0.2, -0.15) is 0 Å². The first-order valence-electron chi connectivity index (χ1n) is 7.62. The predicted molar refractivity (Wildman–Crippen MR) is 73.9 cm³/mol. The van der Waals surface area contributed by atoms with Gasteiger partial charge in [-0.3, -0.25) is 4.90 Å². The summed E-state index contributed by atoms with van der Waals surface area (Å²) in [6, 6.07) is 0.297. The SMILES string of the molecule is CC1CCCC1NC(=O)NC1CCN(CC(F)F)CC1. The number of carbonyl (C=O) groups is 1. The van der Waals surface area contributed by atoms with Crippen molar-refractivity contribution in [1.29, 1.82) is 0 Å². The molecule has 1 saturated carbocycles. The van der Waals surface area contributed by atoms with Gasteiger partial charge in [0.1, 0.15) is 0 Å². The highest BCUT2D eigenvalue weighted by molar-refractivity contribution is 5.74. The van der Waals surface area contributed by atoms with Crippen molar-refractivity contribution in [1.82, 2.24) is 15.5 Å². The van der Waals surface area contributed by atoms with Crippen LogP contribution in [0.5, 0.6) is 0 Å². The molecule has 4 nitrogen and oxygen atoms in total. The van der Waals surface area contributed by atoms with Crippen LogP contribution >= 0.6 is 0 Å². The molecule has 1 aliphatic carbocycles. The monoisotopic (exact) mass is 289 g/mol. The summed E-state index contributed by atoms with van der Waals surface area (Å²) < 4.78 is 24.5. The molecule has 2 amide bonds. The molecule has 0 aromatic carbocycles. The Morgan fingerprint density at radius 1 is 1.20 bits per heavy atom. The second-order valence-electron chi connectivity index (χ2n) is 6.10. The average molecular weight is 289 g/mol. The number of urea groups is 1. The first kappa shape index (κ1) is 15.5. The molecule has 2 atom stereocenters. The topological polar surface area (TPSA) is 44.4 Å². The van der Waals surface area contributed by atoms with Crippen molar-refractivity contribution < 1.29 is 13.6 Å². The maximum absolute atomic E-state index is 12.3. The zero-order valence-electron chi connectivity index (χ0n) is 12.1. The van der Waals surface area contributed by atoms with Gasteiger partial charge in [-0.05, 0) is 31.6 Å². The largest absolute Gasteiger partial charge is 0.335 e. The molecule has 0 radical (unpaired) electrons. The summed E-state index contributed by atoms with van der Waals surface area (Å²) in [5, 5.41) is 6.01. The van der Waals surface area contributed by atoms with Crippen LogP contribution in [-0.2, 0) is 0 Å². The van der Waals surface area contributed by atoms with Crippen LogP contribution in [0.2, 0.25) is 0 Å². The molecule has 2 unspecified atom stereocenters. The van der Waals surface area contributed by atoms with Crippen LogP contribution in [0.15, 0.2) is 0 Å². The number of carbonyl (C=O) groups excluding carboxylic acids is 1. The average Bonchev–Trinajstić information content (AvgIpc) is 2.77. The molecular weight excluding hydrogens is 264 g/mol. The first-order valence-corrected chi connectivity index (χ1v) is 7.62. The zero-order chi connectivity index (χ0) is 14.5. The summed E-state index contributed by atoms with van der Waals surface area (Å²) in [7, 11) is 0. The Balaban J connectivity index is 1.66. The number of amides is 2. The number of nitrogens with one attached hydrogen (secondary N) is 2. The summed E-state index contributed by atoms with van der Waals surface area (Å²) in [6.45, 7) is 3.28. The molecule has 0 bridgehead atoms. The Morgan fingerprint density at radius 3 is 2.45 bits per heavy atom. The van der Waals surface area contributed by atoms with E-state index in [1.807, 2.05) is 0 Å². The smallest absolute Gasteiger partial charge is 0.315 e. The van der Waals surface area contributed by atoms with Crippen LogP contribution in [0.3, 0.4) is 0 Å². The van der Waals surface area contributed by atoms with Crippen LogP contribution in [-0.4, -0.2) is 49.1 Å². The maximum atomic E-state index is 12.3. The molecule has 2 rings (SSSR count). The van der Waals surface area contributed by atoms with E-state index in [4.69, 9.17) is 0 Å². The quantitative estimate of drug-likeness (QED) is 0.833. The van der Waals surface area contributed by atoms with E-state index in [0.29, 0.717) is 19.0 Å². The van der Waals surface area contributed by atoms with E-state index in [9.17, 15) is 13.6 Å². The minimum absolute atomic E-state index is 0.101. The molecule has 0 aromatic heterocycles. The van der Waals surface area contributed by atoms with Crippen LogP contribution in [0.4, 0.5) is 13.6 Å². The fourth-order valence-corrected chi connectivity index (χ4v) is 3.21. The lowest BCUT2D eigenvalue weighted by atomic mass is 10.0. The molecule has 20 heavy (non-hydrogen) atoms. The number of hydrogen-bond donors (Lipinski definition) is 2. The maximum Gasteiger partial charge on any atom is 0.315 e. The Morgan fingerprint density at radius 2 is 1.90 bits per heavy atom. The van der Waals surface area contributed by atoms with Gasteiger partial charge in [0.25, 0.3) is 6.43 Å². The van der Waals surface area contributed by atoms with Gasteiger partial charge in [0.2, 0.25) is 0 Å². The normalized spacial score (nSPS) is 28.8. The fraction of sp³-hybridized carbons (Fsp3) is 0.929. The first-order chi connectivity index (χ1) is 9.54. The van der Waals surface area contributed by atoms with Gasteiger partial charge >= 0.3 is 6.03 Å². The highest BCUT2D eigenvalue weighted by Crippen LogP contribution is 2.24. The van der Waals surface area contributed by atoms with E-state index in [1.165, 1.54) is 12.8 Å². The number of hydrogen-bond acceptors (Lipinski definition) is 2. The van der Waals surface area contributed by atoms with Gasteiger partial charge in [-0.1, -0.05) is 13.3 Å². The number of piperidine rings is 1. The number of rotatable bonds is 4. The lowest BCUT2D eigenvalue weighted by molar-refractivity contribution is 0.0736. The van der Waals surface area contributed by atoms with E-state index >= 15 is 0 Å². The van der Waals surface area contributed by atoms with Crippen LogP contribution in [0.1, 0.15) is 39.0 Å². The van der Waals surface area contributed by atoms with Crippen LogP contribution in [0, 0.1) is 5.92 Å². The molecule has 2 N–H and O–H groups in total. The fourth-order valence-electron chi connectivity index (χ4n) is 3.21. The summed E-state index contributed by atoms with van der Waals surface area (Å²) in [6.07, 6.45) is 2.64. The van der Waals surface area contributed by atoms with E-state index in [0.717, 1.165) is 19.3 Å². The van der Waals surface area contributed by atoms with Gasteiger partial charge in [0, 0.05) is 25.2 Å².